The monoisotopic (exact) mass is 235 g/mol. The summed E-state index contributed by atoms with van der Waals surface area (Å²) in [6.45, 7) is 2.09. The number of hydrogen-bond acceptors (Lipinski definition) is 2. The van der Waals surface area contributed by atoms with E-state index in [2.05, 4.69) is 41.2 Å². The highest BCUT2D eigenvalue weighted by Gasteiger charge is 2.06. The normalized spacial score (nSPS) is 10.5. The molecule has 0 aliphatic heterocycles. The molecule has 18 heavy (non-hydrogen) atoms. The van der Waals surface area contributed by atoms with E-state index in [4.69, 9.17) is 0 Å². The van der Waals surface area contributed by atoms with E-state index in [-0.39, 0.29) is 0 Å². The number of imidazole rings is 1. The lowest BCUT2D eigenvalue weighted by Crippen LogP contribution is -1.95. The molecule has 3 heteroatoms. The summed E-state index contributed by atoms with van der Waals surface area (Å²) in [6, 6.07) is 12.4. The number of aromatic nitrogens is 3. The SMILES string of the molecule is Cc1ccc(-c2cncn2-c2cccnc2)cc1. The zero-order valence-electron chi connectivity index (χ0n) is 10.1. The van der Waals surface area contributed by atoms with E-state index in [1.165, 1.54) is 5.56 Å². The van der Waals surface area contributed by atoms with Crippen molar-refractivity contribution in [3.8, 4) is 16.9 Å². The first-order valence-electron chi connectivity index (χ1n) is 5.84. The molecule has 88 valence electrons. The van der Waals surface area contributed by atoms with Crippen molar-refractivity contribution < 1.29 is 0 Å². The van der Waals surface area contributed by atoms with E-state index in [9.17, 15) is 0 Å². The van der Waals surface area contributed by atoms with Crippen LogP contribution in [0.2, 0.25) is 0 Å². The van der Waals surface area contributed by atoms with Gasteiger partial charge in [0.15, 0.2) is 0 Å². The number of benzene rings is 1. The summed E-state index contributed by atoms with van der Waals surface area (Å²) in [5.74, 6) is 0. The summed E-state index contributed by atoms with van der Waals surface area (Å²) in [6.07, 6.45) is 7.29. The third kappa shape index (κ3) is 1.91. The molecule has 0 unspecified atom stereocenters. The van der Waals surface area contributed by atoms with Gasteiger partial charge in [0, 0.05) is 11.8 Å². The molecule has 0 aliphatic carbocycles. The molecule has 0 bridgehead atoms. The minimum Gasteiger partial charge on any atom is -0.297 e. The third-order valence-corrected chi connectivity index (χ3v) is 2.91. The van der Waals surface area contributed by atoms with E-state index >= 15 is 0 Å². The smallest absolute Gasteiger partial charge is 0.0997 e. The number of nitrogens with zero attached hydrogens (tertiary/aromatic N) is 3. The average Bonchev–Trinajstić information content (AvgIpc) is 2.90. The molecule has 1 aromatic carbocycles. The highest BCUT2D eigenvalue weighted by atomic mass is 15.1. The number of aryl methyl sites for hydroxylation is 1. The van der Waals surface area contributed by atoms with Crippen molar-refractivity contribution in [2.75, 3.05) is 0 Å². The van der Waals surface area contributed by atoms with Crippen LogP contribution in [-0.2, 0) is 0 Å². The molecular weight excluding hydrogens is 222 g/mol. The minimum absolute atomic E-state index is 1.02. The van der Waals surface area contributed by atoms with Gasteiger partial charge in [0.25, 0.3) is 0 Å². The molecule has 0 atom stereocenters. The van der Waals surface area contributed by atoms with Crippen molar-refractivity contribution in [1.82, 2.24) is 14.5 Å². The maximum Gasteiger partial charge on any atom is 0.0997 e. The predicted octanol–water partition coefficient (Wildman–Crippen LogP) is 3.24. The predicted molar refractivity (Wildman–Crippen MR) is 71.5 cm³/mol. The van der Waals surface area contributed by atoms with Gasteiger partial charge in [0.05, 0.1) is 30.1 Å². The Morgan fingerprint density at radius 3 is 2.50 bits per heavy atom. The fourth-order valence-corrected chi connectivity index (χ4v) is 1.93. The van der Waals surface area contributed by atoms with Crippen molar-refractivity contribution in [3.05, 3.63) is 66.9 Å². The van der Waals surface area contributed by atoms with Crippen LogP contribution in [0.25, 0.3) is 16.9 Å². The van der Waals surface area contributed by atoms with Crippen LogP contribution in [0.1, 0.15) is 5.56 Å². The highest BCUT2D eigenvalue weighted by molar-refractivity contribution is 5.61. The number of pyridine rings is 1. The molecule has 0 amide bonds. The molecule has 0 saturated heterocycles. The lowest BCUT2D eigenvalue weighted by atomic mass is 10.1. The van der Waals surface area contributed by atoms with Crippen LogP contribution in [0.15, 0.2) is 61.3 Å². The summed E-state index contributed by atoms with van der Waals surface area (Å²) < 4.78 is 2.04. The second kappa shape index (κ2) is 4.45. The largest absolute Gasteiger partial charge is 0.297 e. The lowest BCUT2D eigenvalue weighted by Gasteiger charge is -2.07. The standard InChI is InChI=1S/C15H13N3/c1-12-4-6-13(7-5-12)15-10-17-11-18(15)14-3-2-8-16-9-14/h2-11H,1H3. The van der Waals surface area contributed by atoms with Gasteiger partial charge in [-0.1, -0.05) is 29.8 Å². The number of hydrogen-bond donors (Lipinski definition) is 0. The lowest BCUT2D eigenvalue weighted by molar-refractivity contribution is 1.04. The molecular formula is C15H13N3. The molecule has 2 heterocycles. The fraction of sp³-hybridized carbons (Fsp3) is 0.0667. The maximum absolute atomic E-state index is 4.23. The minimum atomic E-state index is 1.02. The molecule has 3 aromatic rings. The molecule has 3 rings (SSSR count). The van der Waals surface area contributed by atoms with Crippen LogP contribution in [0.4, 0.5) is 0 Å². The first-order valence-corrected chi connectivity index (χ1v) is 5.84. The van der Waals surface area contributed by atoms with Crippen LogP contribution in [0.5, 0.6) is 0 Å². The molecule has 0 saturated carbocycles. The first-order chi connectivity index (χ1) is 8.84. The van der Waals surface area contributed by atoms with Crippen LogP contribution in [-0.4, -0.2) is 14.5 Å². The van der Waals surface area contributed by atoms with E-state index in [1.807, 2.05) is 35.4 Å². The van der Waals surface area contributed by atoms with Gasteiger partial charge in [-0.05, 0) is 19.1 Å². The summed E-state index contributed by atoms with van der Waals surface area (Å²) in [5.41, 5.74) is 4.50. The molecule has 3 nitrogen and oxygen atoms in total. The Labute approximate surface area is 106 Å². The van der Waals surface area contributed by atoms with Gasteiger partial charge in [-0.3, -0.25) is 9.55 Å². The van der Waals surface area contributed by atoms with Gasteiger partial charge in [0.2, 0.25) is 0 Å². The fourth-order valence-electron chi connectivity index (χ4n) is 1.93. The van der Waals surface area contributed by atoms with Crippen molar-refractivity contribution in [2.45, 2.75) is 6.92 Å². The molecule has 0 radical (unpaired) electrons. The Balaban J connectivity index is 2.10. The summed E-state index contributed by atoms with van der Waals surface area (Å²) in [4.78, 5) is 8.37. The molecule has 2 aromatic heterocycles. The van der Waals surface area contributed by atoms with E-state index in [0.29, 0.717) is 0 Å². The topological polar surface area (TPSA) is 30.7 Å². The Kier molecular flexibility index (Phi) is 2.65. The van der Waals surface area contributed by atoms with Gasteiger partial charge < -0.3 is 0 Å². The second-order valence-corrected chi connectivity index (χ2v) is 4.23. The summed E-state index contributed by atoms with van der Waals surface area (Å²) in [7, 11) is 0. The van der Waals surface area contributed by atoms with E-state index in [1.54, 1.807) is 6.20 Å². The second-order valence-electron chi connectivity index (χ2n) is 4.23. The maximum atomic E-state index is 4.23. The van der Waals surface area contributed by atoms with E-state index in [0.717, 1.165) is 16.9 Å². The molecule has 0 fully saturated rings. The van der Waals surface area contributed by atoms with Crippen LogP contribution >= 0.6 is 0 Å². The summed E-state index contributed by atoms with van der Waals surface area (Å²) in [5, 5.41) is 0. The zero-order valence-corrected chi connectivity index (χ0v) is 10.1. The zero-order chi connectivity index (χ0) is 12.4. The number of rotatable bonds is 2. The van der Waals surface area contributed by atoms with Gasteiger partial charge in [-0.15, -0.1) is 0 Å². The van der Waals surface area contributed by atoms with Crippen LogP contribution in [0, 0.1) is 6.92 Å². The quantitative estimate of drug-likeness (QED) is 0.682. The third-order valence-electron chi connectivity index (χ3n) is 2.91. The first kappa shape index (κ1) is 10.7. The van der Waals surface area contributed by atoms with Gasteiger partial charge in [-0.2, -0.15) is 0 Å². The highest BCUT2D eigenvalue weighted by Crippen LogP contribution is 2.22. The Morgan fingerprint density at radius 1 is 0.944 bits per heavy atom. The molecule has 0 spiro atoms. The Hall–Kier alpha value is -2.42. The van der Waals surface area contributed by atoms with Crippen molar-refractivity contribution in [2.24, 2.45) is 0 Å². The summed E-state index contributed by atoms with van der Waals surface area (Å²) >= 11 is 0. The Bertz CT molecular complexity index is 639. The van der Waals surface area contributed by atoms with Gasteiger partial charge in [0.1, 0.15) is 0 Å². The Morgan fingerprint density at radius 2 is 1.78 bits per heavy atom. The van der Waals surface area contributed by atoms with Crippen LogP contribution in [0.3, 0.4) is 0 Å². The van der Waals surface area contributed by atoms with Gasteiger partial charge >= 0.3 is 0 Å². The van der Waals surface area contributed by atoms with Crippen LogP contribution < -0.4 is 0 Å². The van der Waals surface area contributed by atoms with E-state index < -0.39 is 0 Å². The molecule has 0 N–H and O–H groups in total. The van der Waals surface area contributed by atoms with Crippen molar-refractivity contribution >= 4 is 0 Å². The van der Waals surface area contributed by atoms with Gasteiger partial charge in [-0.25, -0.2) is 4.98 Å². The van der Waals surface area contributed by atoms with Crippen molar-refractivity contribution in [1.29, 1.82) is 0 Å². The average molecular weight is 235 g/mol. The molecule has 0 aliphatic rings. The van der Waals surface area contributed by atoms with Crippen molar-refractivity contribution in [3.63, 3.8) is 0 Å².